The summed E-state index contributed by atoms with van der Waals surface area (Å²) in [6.07, 6.45) is 3.62. The summed E-state index contributed by atoms with van der Waals surface area (Å²) in [4.78, 5) is 8.61. The second-order valence-corrected chi connectivity index (χ2v) is 5.14. The van der Waals surface area contributed by atoms with Crippen LogP contribution in [0.2, 0.25) is 5.02 Å². The van der Waals surface area contributed by atoms with Gasteiger partial charge < -0.3 is 5.73 Å². The number of halogens is 1. The van der Waals surface area contributed by atoms with Gasteiger partial charge >= 0.3 is 0 Å². The van der Waals surface area contributed by atoms with Crippen LogP contribution in [0, 0.1) is 0 Å². The Morgan fingerprint density at radius 2 is 2.00 bits per heavy atom. The predicted molar refractivity (Wildman–Crippen MR) is 81.7 cm³/mol. The van der Waals surface area contributed by atoms with Crippen LogP contribution in [0.5, 0.6) is 0 Å². The molecule has 0 aliphatic heterocycles. The summed E-state index contributed by atoms with van der Waals surface area (Å²) in [5, 5.41) is 0.575. The third kappa shape index (κ3) is 2.60. The van der Waals surface area contributed by atoms with Crippen molar-refractivity contribution in [3.8, 4) is 0 Å². The van der Waals surface area contributed by atoms with Gasteiger partial charge in [-0.05, 0) is 24.5 Å². The lowest BCUT2D eigenvalue weighted by Crippen LogP contribution is -2.05. The maximum Gasteiger partial charge on any atom is 0.202 e. The first-order chi connectivity index (χ1) is 9.74. The van der Waals surface area contributed by atoms with E-state index in [9.17, 15) is 0 Å². The summed E-state index contributed by atoms with van der Waals surface area (Å²) >= 11 is 5.91. The number of imidazole rings is 1. The summed E-state index contributed by atoms with van der Waals surface area (Å²) in [7, 11) is 0. The maximum absolute atomic E-state index is 5.95. The molecule has 0 unspecified atom stereocenters. The highest BCUT2D eigenvalue weighted by Crippen LogP contribution is 2.19. The maximum atomic E-state index is 5.95. The van der Waals surface area contributed by atoms with Crippen LogP contribution in [0.4, 0.5) is 5.95 Å². The molecule has 102 valence electrons. The molecule has 2 heterocycles. The molecule has 3 rings (SSSR count). The van der Waals surface area contributed by atoms with Gasteiger partial charge in [0.1, 0.15) is 5.52 Å². The summed E-state index contributed by atoms with van der Waals surface area (Å²) in [6, 6.07) is 12.2. The van der Waals surface area contributed by atoms with Crippen molar-refractivity contribution in [3.63, 3.8) is 0 Å². The molecule has 0 saturated heterocycles. The third-order valence-corrected chi connectivity index (χ3v) is 3.48. The number of anilines is 1. The number of nitrogens with zero attached hydrogens (tertiary/aromatic N) is 3. The summed E-state index contributed by atoms with van der Waals surface area (Å²) in [5.41, 5.74) is 8.81. The van der Waals surface area contributed by atoms with Crippen LogP contribution in [0.3, 0.4) is 0 Å². The number of aromatic nitrogens is 3. The van der Waals surface area contributed by atoms with Crippen LogP contribution in [0.25, 0.3) is 11.2 Å². The number of aryl methyl sites for hydroxylation is 2. The number of hydrogen-bond donors (Lipinski definition) is 1. The van der Waals surface area contributed by atoms with Gasteiger partial charge in [0, 0.05) is 12.7 Å². The molecule has 0 amide bonds. The number of fused-ring (bicyclic) bond motifs is 1. The van der Waals surface area contributed by atoms with Crippen LogP contribution in [-0.4, -0.2) is 14.5 Å². The van der Waals surface area contributed by atoms with Gasteiger partial charge in [-0.1, -0.05) is 41.9 Å². The molecule has 4 nitrogen and oxygen atoms in total. The van der Waals surface area contributed by atoms with E-state index in [0.717, 1.165) is 30.6 Å². The van der Waals surface area contributed by atoms with E-state index in [2.05, 4.69) is 34.2 Å². The van der Waals surface area contributed by atoms with Crippen molar-refractivity contribution in [3.05, 3.63) is 53.2 Å². The van der Waals surface area contributed by atoms with Crippen molar-refractivity contribution >= 4 is 28.7 Å². The van der Waals surface area contributed by atoms with Crippen LogP contribution in [0.1, 0.15) is 12.0 Å². The zero-order chi connectivity index (χ0) is 13.9. The van der Waals surface area contributed by atoms with Gasteiger partial charge in [-0.25, -0.2) is 9.97 Å². The number of nitrogen functional groups attached to an aromatic ring is 1. The first kappa shape index (κ1) is 12.9. The predicted octanol–water partition coefficient (Wildman–Crippen LogP) is 3.30. The smallest absolute Gasteiger partial charge is 0.202 e. The molecule has 5 heteroatoms. The second-order valence-electron chi connectivity index (χ2n) is 4.71. The first-order valence-corrected chi connectivity index (χ1v) is 6.93. The molecule has 2 N–H and O–H groups in total. The summed E-state index contributed by atoms with van der Waals surface area (Å²) < 4.78 is 1.94. The van der Waals surface area contributed by atoms with Crippen molar-refractivity contribution in [1.29, 1.82) is 0 Å². The van der Waals surface area contributed by atoms with E-state index in [1.54, 1.807) is 12.3 Å². The van der Waals surface area contributed by atoms with Crippen LogP contribution >= 0.6 is 11.6 Å². The highest BCUT2D eigenvalue weighted by Gasteiger charge is 2.09. The molecule has 0 fully saturated rings. The van der Waals surface area contributed by atoms with Crippen molar-refractivity contribution in [2.45, 2.75) is 19.4 Å². The molecule has 3 aromatic rings. The average molecular weight is 287 g/mol. The highest BCUT2D eigenvalue weighted by molar-refractivity contribution is 6.31. The number of rotatable bonds is 4. The minimum absolute atomic E-state index is 0.489. The zero-order valence-electron chi connectivity index (χ0n) is 11.0. The fraction of sp³-hybridized carbons (Fsp3) is 0.200. The second kappa shape index (κ2) is 5.51. The van der Waals surface area contributed by atoms with Crippen LogP contribution in [-0.2, 0) is 13.0 Å². The molecule has 0 aliphatic carbocycles. The first-order valence-electron chi connectivity index (χ1n) is 6.55. The quantitative estimate of drug-likeness (QED) is 0.800. The Morgan fingerprint density at radius 3 is 2.80 bits per heavy atom. The highest BCUT2D eigenvalue weighted by atomic mass is 35.5. The number of nitrogens with two attached hydrogens (primary N) is 1. The minimum atomic E-state index is 0.489. The Balaban J connectivity index is 1.76. The van der Waals surface area contributed by atoms with E-state index in [1.807, 2.05) is 10.6 Å². The Morgan fingerprint density at radius 1 is 1.20 bits per heavy atom. The SMILES string of the molecule is Nc1nc2cc(Cl)cnc2n1CCCc1ccccc1. The van der Waals surface area contributed by atoms with Crippen molar-refractivity contribution in [2.24, 2.45) is 0 Å². The average Bonchev–Trinajstić information content (AvgIpc) is 2.75. The zero-order valence-corrected chi connectivity index (χ0v) is 11.7. The Labute approximate surface area is 122 Å². The molecule has 2 aromatic heterocycles. The normalized spacial score (nSPS) is 11.1. The fourth-order valence-corrected chi connectivity index (χ4v) is 2.46. The van der Waals surface area contributed by atoms with Gasteiger partial charge in [0.05, 0.1) is 5.02 Å². The number of hydrogen-bond acceptors (Lipinski definition) is 3. The standard InChI is InChI=1S/C15H15ClN4/c16-12-9-13-14(18-10-12)20(15(17)19-13)8-4-7-11-5-2-1-3-6-11/h1-3,5-6,9-10H,4,7-8H2,(H2,17,19). The Bertz CT molecular complexity index is 721. The number of benzene rings is 1. The van der Waals surface area contributed by atoms with Crippen molar-refractivity contribution in [2.75, 3.05) is 5.73 Å². The molecule has 1 aromatic carbocycles. The third-order valence-electron chi connectivity index (χ3n) is 3.27. The lowest BCUT2D eigenvalue weighted by Gasteiger charge is -2.06. The molecule has 0 radical (unpaired) electrons. The van der Waals surface area contributed by atoms with E-state index in [4.69, 9.17) is 17.3 Å². The Hall–Kier alpha value is -2.07. The van der Waals surface area contributed by atoms with E-state index >= 15 is 0 Å². The van der Waals surface area contributed by atoms with E-state index in [1.165, 1.54) is 5.56 Å². The fourth-order valence-electron chi connectivity index (χ4n) is 2.31. The summed E-state index contributed by atoms with van der Waals surface area (Å²) in [5.74, 6) is 0.489. The van der Waals surface area contributed by atoms with Gasteiger partial charge in [0.15, 0.2) is 5.65 Å². The van der Waals surface area contributed by atoms with E-state index < -0.39 is 0 Å². The molecule has 0 saturated carbocycles. The van der Waals surface area contributed by atoms with Gasteiger partial charge in [-0.15, -0.1) is 0 Å². The minimum Gasteiger partial charge on any atom is -0.369 e. The lowest BCUT2D eigenvalue weighted by molar-refractivity contribution is 0.660. The van der Waals surface area contributed by atoms with Crippen LogP contribution < -0.4 is 5.73 Å². The van der Waals surface area contributed by atoms with Gasteiger partial charge in [0.25, 0.3) is 0 Å². The van der Waals surface area contributed by atoms with Gasteiger partial charge in [0.2, 0.25) is 5.95 Å². The lowest BCUT2D eigenvalue weighted by atomic mass is 10.1. The molecule has 0 atom stereocenters. The molecule has 0 bridgehead atoms. The Kier molecular flexibility index (Phi) is 3.56. The monoisotopic (exact) mass is 286 g/mol. The molecule has 20 heavy (non-hydrogen) atoms. The van der Waals surface area contributed by atoms with Crippen molar-refractivity contribution < 1.29 is 0 Å². The van der Waals surface area contributed by atoms with Gasteiger partial charge in [-0.3, -0.25) is 4.57 Å². The largest absolute Gasteiger partial charge is 0.369 e. The summed E-state index contributed by atoms with van der Waals surface area (Å²) in [6.45, 7) is 0.797. The van der Waals surface area contributed by atoms with E-state index in [0.29, 0.717) is 11.0 Å². The van der Waals surface area contributed by atoms with Gasteiger partial charge in [-0.2, -0.15) is 0 Å². The van der Waals surface area contributed by atoms with Crippen LogP contribution in [0.15, 0.2) is 42.6 Å². The van der Waals surface area contributed by atoms with Crippen molar-refractivity contribution in [1.82, 2.24) is 14.5 Å². The molecule has 0 aliphatic rings. The van der Waals surface area contributed by atoms with E-state index in [-0.39, 0.29) is 0 Å². The molecular weight excluding hydrogens is 272 g/mol. The molecule has 0 spiro atoms. The topological polar surface area (TPSA) is 56.7 Å². The molecular formula is C15H15ClN4. The number of pyridine rings is 1.